The van der Waals surface area contributed by atoms with Gasteiger partial charge in [0.25, 0.3) is 16.8 Å². The summed E-state index contributed by atoms with van der Waals surface area (Å²) in [7, 11) is 1.39. The Morgan fingerprint density at radius 1 is 1.16 bits per heavy atom. The van der Waals surface area contributed by atoms with E-state index in [4.69, 9.17) is 21.1 Å². The molecule has 9 nitrogen and oxygen atoms in total. The zero-order valence-electron chi connectivity index (χ0n) is 19.0. The first kappa shape index (κ1) is 26.4. The van der Waals surface area contributed by atoms with E-state index in [0.29, 0.717) is 21.8 Å². The lowest BCUT2D eigenvalue weighted by molar-refractivity contribution is -0.385. The molecule has 1 saturated heterocycles. The van der Waals surface area contributed by atoms with Gasteiger partial charge in [-0.05, 0) is 63.6 Å². The minimum atomic E-state index is -0.687. The Bertz CT molecular complexity index is 1480. The van der Waals surface area contributed by atoms with Crippen molar-refractivity contribution >= 4 is 68.2 Å². The van der Waals surface area contributed by atoms with Crippen molar-refractivity contribution in [2.45, 2.75) is 6.54 Å². The number of hydrogen-bond donors (Lipinski definition) is 0. The molecule has 12 heteroatoms. The van der Waals surface area contributed by atoms with Crippen molar-refractivity contribution in [2.75, 3.05) is 7.11 Å². The van der Waals surface area contributed by atoms with Crippen molar-refractivity contribution in [2.24, 2.45) is 0 Å². The van der Waals surface area contributed by atoms with Crippen LogP contribution in [0.5, 0.6) is 11.5 Å². The summed E-state index contributed by atoms with van der Waals surface area (Å²) in [5, 5.41) is 11.0. The van der Waals surface area contributed by atoms with Crippen LogP contribution in [0.15, 0.2) is 70.0 Å². The largest absolute Gasteiger partial charge is 0.493 e. The van der Waals surface area contributed by atoms with Gasteiger partial charge in [0.05, 0.1) is 38.5 Å². The molecule has 0 aromatic heterocycles. The number of methoxy groups -OCH3 is 1. The Labute approximate surface area is 228 Å². The summed E-state index contributed by atoms with van der Waals surface area (Å²) < 4.78 is 11.2. The fourth-order valence-electron chi connectivity index (χ4n) is 3.48. The molecule has 3 aromatic rings. The average molecular weight is 604 g/mol. The van der Waals surface area contributed by atoms with E-state index in [9.17, 15) is 24.5 Å². The van der Waals surface area contributed by atoms with E-state index in [2.05, 4.69) is 15.9 Å². The first-order valence-corrected chi connectivity index (χ1v) is 12.5. The number of para-hydroxylation sites is 1. The topological polar surface area (TPSA) is 116 Å². The van der Waals surface area contributed by atoms with Gasteiger partial charge in [0.2, 0.25) is 0 Å². The minimum absolute atomic E-state index is 0.106. The number of carbonyl (C=O) groups excluding carboxylic acids is 3. The van der Waals surface area contributed by atoms with Crippen LogP contribution in [0.3, 0.4) is 0 Å². The molecule has 0 spiro atoms. The van der Waals surface area contributed by atoms with Gasteiger partial charge in [-0.3, -0.25) is 24.6 Å². The van der Waals surface area contributed by atoms with E-state index >= 15 is 0 Å². The average Bonchev–Trinajstić information content (AvgIpc) is 3.13. The Hall–Kier alpha value is -3.67. The quantitative estimate of drug-likeness (QED) is 0.0991. The highest BCUT2D eigenvalue weighted by Crippen LogP contribution is 2.40. The van der Waals surface area contributed by atoms with Crippen LogP contribution in [0.1, 0.15) is 21.5 Å². The number of benzene rings is 3. The maximum absolute atomic E-state index is 13.0. The zero-order valence-corrected chi connectivity index (χ0v) is 22.1. The molecule has 37 heavy (non-hydrogen) atoms. The molecule has 0 bridgehead atoms. The second-order valence-electron chi connectivity index (χ2n) is 7.56. The van der Waals surface area contributed by atoms with Crippen LogP contribution >= 0.6 is 39.3 Å². The molecule has 1 fully saturated rings. The van der Waals surface area contributed by atoms with Gasteiger partial charge in [0, 0.05) is 11.6 Å². The van der Waals surface area contributed by atoms with Crippen molar-refractivity contribution in [3.05, 3.63) is 102 Å². The minimum Gasteiger partial charge on any atom is -0.493 e. The second-order valence-corrected chi connectivity index (χ2v) is 9.81. The molecule has 0 N–H and O–H groups in total. The number of nitro benzene ring substituents is 1. The summed E-state index contributed by atoms with van der Waals surface area (Å²) in [4.78, 5) is 49.9. The number of imide groups is 1. The molecule has 0 radical (unpaired) electrons. The fraction of sp³-hybridized carbons (Fsp3) is 0.0800. The molecule has 0 aliphatic carbocycles. The highest BCUT2D eigenvalue weighted by atomic mass is 79.9. The molecule has 4 rings (SSSR count). The Balaban J connectivity index is 1.59. The number of thioether (sulfide) groups is 1. The van der Waals surface area contributed by atoms with E-state index in [1.165, 1.54) is 43.5 Å². The summed E-state index contributed by atoms with van der Waals surface area (Å²) in [6.07, 6.45) is 1.48. The molecule has 3 aromatic carbocycles. The van der Waals surface area contributed by atoms with Crippen LogP contribution in [0.2, 0.25) is 5.02 Å². The molecule has 0 saturated carbocycles. The van der Waals surface area contributed by atoms with Gasteiger partial charge in [-0.1, -0.05) is 41.9 Å². The molecule has 2 amide bonds. The normalized spacial score (nSPS) is 14.2. The number of nitrogens with zero attached hydrogens (tertiary/aromatic N) is 2. The number of amides is 2. The monoisotopic (exact) mass is 602 g/mol. The van der Waals surface area contributed by atoms with Crippen molar-refractivity contribution in [3.63, 3.8) is 0 Å². The molecule has 188 valence electrons. The number of ether oxygens (including phenoxy) is 2. The van der Waals surface area contributed by atoms with Crippen LogP contribution in [-0.4, -0.2) is 34.0 Å². The van der Waals surface area contributed by atoms with Crippen LogP contribution < -0.4 is 9.47 Å². The maximum Gasteiger partial charge on any atom is 0.345 e. The highest BCUT2D eigenvalue weighted by Gasteiger charge is 2.36. The predicted molar refractivity (Wildman–Crippen MR) is 142 cm³/mol. The van der Waals surface area contributed by atoms with Gasteiger partial charge >= 0.3 is 5.97 Å². The summed E-state index contributed by atoms with van der Waals surface area (Å²) in [6, 6.07) is 15.5. The van der Waals surface area contributed by atoms with Gasteiger partial charge < -0.3 is 9.47 Å². The maximum atomic E-state index is 13.0. The number of carbonyl (C=O) groups is 3. The number of nitro groups is 1. The van der Waals surface area contributed by atoms with Crippen molar-refractivity contribution < 1.29 is 28.8 Å². The summed E-state index contributed by atoms with van der Waals surface area (Å²) in [5.74, 6) is -0.972. The molecular weight excluding hydrogens is 588 g/mol. The highest BCUT2D eigenvalue weighted by molar-refractivity contribution is 9.10. The fourth-order valence-corrected chi connectivity index (χ4v) is 5.07. The third kappa shape index (κ3) is 5.68. The first-order chi connectivity index (χ1) is 17.7. The standard InChI is InChI=1S/C25H16BrClN2O7S/c1-35-20-11-14(10-17(26)22(20)36-24(31)16-7-3-4-8-18(16)27)12-21-23(30)28(25(32)37-21)13-15-6-2-5-9-19(15)29(33)34/h2-12H,13H2,1H3/b21-12-. The van der Waals surface area contributed by atoms with E-state index < -0.39 is 22.0 Å². The Morgan fingerprint density at radius 2 is 1.86 bits per heavy atom. The van der Waals surface area contributed by atoms with Crippen molar-refractivity contribution in [1.29, 1.82) is 0 Å². The van der Waals surface area contributed by atoms with Gasteiger partial charge in [-0.2, -0.15) is 0 Å². The number of esters is 1. The molecule has 0 unspecified atom stereocenters. The summed E-state index contributed by atoms with van der Waals surface area (Å²) >= 11 is 10.2. The smallest absolute Gasteiger partial charge is 0.345 e. The van der Waals surface area contributed by atoms with Gasteiger partial charge in [-0.15, -0.1) is 0 Å². The molecule has 1 heterocycles. The van der Waals surface area contributed by atoms with Crippen LogP contribution in [0.4, 0.5) is 10.5 Å². The third-order valence-corrected chi connectivity index (χ3v) is 7.05. The van der Waals surface area contributed by atoms with Crippen molar-refractivity contribution in [3.8, 4) is 11.5 Å². The molecular formula is C25H16BrClN2O7S. The van der Waals surface area contributed by atoms with Crippen LogP contribution in [0, 0.1) is 10.1 Å². The number of halogens is 2. The number of hydrogen-bond acceptors (Lipinski definition) is 8. The van der Waals surface area contributed by atoms with E-state index in [1.54, 1.807) is 30.3 Å². The number of rotatable bonds is 7. The zero-order chi connectivity index (χ0) is 26.7. The lowest BCUT2D eigenvalue weighted by Gasteiger charge is -2.13. The second kappa shape index (κ2) is 11.2. The predicted octanol–water partition coefficient (Wildman–Crippen LogP) is 6.48. The lowest BCUT2D eigenvalue weighted by atomic mass is 10.1. The lowest BCUT2D eigenvalue weighted by Crippen LogP contribution is -2.27. The van der Waals surface area contributed by atoms with Crippen LogP contribution in [-0.2, 0) is 11.3 Å². The SMILES string of the molecule is COc1cc(/C=C2\SC(=O)N(Cc3ccccc3[N+](=O)[O-])C2=O)cc(Br)c1OC(=O)c1ccccc1Cl. The third-order valence-electron chi connectivity index (χ3n) is 5.23. The Morgan fingerprint density at radius 3 is 2.57 bits per heavy atom. The molecule has 0 atom stereocenters. The van der Waals surface area contributed by atoms with Crippen LogP contribution in [0.25, 0.3) is 6.08 Å². The summed E-state index contributed by atoms with van der Waals surface area (Å²) in [5.41, 5.74) is 0.721. The van der Waals surface area contributed by atoms with Gasteiger partial charge in [0.15, 0.2) is 11.5 Å². The van der Waals surface area contributed by atoms with Gasteiger partial charge in [-0.25, -0.2) is 4.79 Å². The first-order valence-electron chi connectivity index (χ1n) is 10.5. The molecule has 1 aliphatic heterocycles. The molecule has 1 aliphatic rings. The van der Waals surface area contributed by atoms with E-state index in [0.717, 1.165) is 4.90 Å². The van der Waals surface area contributed by atoms with E-state index in [-0.39, 0.29) is 44.8 Å². The van der Waals surface area contributed by atoms with Crippen molar-refractivity contribution in [1.82, 2.24) is 4.90 Å². The Kier molecular flexibility index (Phi) is 7.96. The van der Waals surface area contributed by atoms with E-state index in [1.807, 2.05) is 0 Å². The summed E-state index contributed by atoms with van der Waals surface area (Å²) in [6.45, 7) is -0.233. The van der Waals surface area contributed by atoms with Gasteiger partial charge in [0.1, 0.15) is 0 Å².